The van der Waals surface area contributed by atoms with Gasteiger partial charge in [0.05, 0.1) is 12.8 Å². The van der Waals surface area contributed by atoms with E-state index in [0.717, 1.165) is 42.8 Å². The summed E-state index contributed by atoms with van der Waals surface area (Å²) in [4.78, 5) is 0. The van der Waals surface area contributed by atoms with Gasteiger partial charge in [0.2, 0.25) is 4.77 Å². The number of nitrogens with zero attached hydrogens (tertiary/aromatic N) is 3. The van der Waals surface area contributed by atoms with Crippen LogP contribution in [0.5, 0.6) is 5.75 Å². The van der Waals surface area contributed by atoms with Gasteiger partial charge in [0.15, 0.2) is 5.82 Å². The molecule has 1 aromatic heterocycles. The van der Waals surface area contributed by atoms with Crippen molar-refractivity contribution in [3.8, 4) is 5.75 Å². The van der Waals surface area contributed by atoms with Crippen molar-refractivity contribution in [1.29, 1.82) is 0 Å². The SMILES string of the molecule is CCCCc1n[nH]c(=S)n1/N=C\c1ccccc1OCCC. The summed E-state index contributed by atoms with van der Waals surface area (Å²) < 4.78 is 7.92. The minimum atomic E-state index is 0.509. The summed E-state index contributed by atoms with van der Waals surface area (Å²) >= 11 is 5.24. The molecule has 2 rings (SSSR count). The standard InChI is InChI=1S/C16H22N4OS/c1-3-5-10-15-18-19-16(22)20(15)17-12-13-8-6-7-9-14(13)21-11-4-2/h6-9,12H,3-5,10-11H2,1-2H3,(H,19,22)/b17-12-. The first-order chi connectivity index (χ1) is 10.8. The molecule has 0 radical (unpaired) electrons. The highest BCUT2D eigenvalue weighted by Gasteiger charge is 2.05. The number of hydrogen-bond acceptors (Lipinski definition) is 4. The maximum Gasteiger partial charge on any atom is 0.216 e. The fraction of sp³-hybridized carbons (Fsp3) is 0.438. The normalized spacial score (nSPS) is 11.2. The lowest BCUT2D eigenvalue weighted by atomic mass is 10.2. The van der Waals surface area contributed by atoms with Crippen LogP contribution in [-0.2, 0) is 6.42 Å². The Labute approximate surface area is 136 Å². The van der Waals surface area contributed by atoms with Crippen molar-refractivity contribution in [2.75, 3.05) is 6.61 Å². The number of benzene rings is 1. The van der Waals surface area contributed by atoms with E-state index in [1.165, 1.54) is 0 Å². The van der Waals surface area contributed by atoms with Gasteiger partial charge in [-0.25, -0.2) is 0 Å². The van der Waals surface area contributed by atoms with E-state index in [0.29, 0.717) is 11.4 Å². The molecule has 1 N–H and O–H groups in total. The number of para-hydroxylation sites is 1. The predicted molar refractivity (Wildman–Crippen MR) is 91.2 cm³/mol. The summed E-state index contributed by atoms with van der Waals surface area (Å²) in [7, 11) is 0. The highest BCUT2D eigenvalue weighted by Crippen LogP contribution is 2.16. The number of aryl methyl sites for hydroxylation is 1. The van der Waals surface area contributed by atoms with Gasteiger partial charge in [-0.05, 0) is 37.2 Å². The minimum Gasteiger partial charge on any atom is -0.493 e. The van der Waals surface area contributed by atoms with Crippen LogP contribution in [0.1, 0.15) is 44.5 Å². The highest BCUT2D eigenvalue weighted by atomic mass is 32.1. The van der Waals surface area contributed by atoms with Gasteiger partial charge in [0.1, 0.15) is 5.75 Å². The van der Waals surface area contributed by atoms with E-state index in [2.05, 4.69) is 29.1 Å². The lowest BCUT2D eigenvalue weighted by Crippen LogP contribution is -2.01. The average Bonchev–Trinajstić information content (AvgIpc) is 2.89. The van der Waals surface area contributed by atoms with Crippen LogP contribution in [0.2, 0.25) is 0 Å². The van der Waals surface area contributed by atoms with Crippen molar-refractivity contribution in [2.24, 2.45) is 5.10 Å². The van der Waals surface area contributed by atoms with E-state index in [9.17, 15) is 0 Å². The van der Waals surface area contributed by atoms with Crippen molar-refractivity contribution < 1.29 is 4.74 Å². The molecule has 0 unspecified atom stereocenters. The second-order valence-corrected chi connectivity index (χ2v) is 5.38. The van der Waals surface area contributed by atoms with Crippen molar-refractivity contribution in [1.82, 2.24) is 14.9 Å². The van der Waals surface area contributed by atoms with Crippen LogP contribution in [0.25, 0.3) is 0 Å². The van der Waals surface area contributed by atoms with E-state index in [4.69, 9.17) is 17.0 Å². The topological polar surface area (TPSA) is 55.2 Å². The van der Waals surface area contributed by atoms with Gasteiger partial charge >= 0.3 is 0 Å². The van der Waals surface area contributed by atoms with Gasteiger partial charge in [0, 0.05) is 12.0 Å². The van der Waals surface area contributed by atoms with E-state index < -0.39 is 0 Å². The second-order valence-electron chi connectivity index (χ2n) is 4.99. The number of aromatic amines is 1. The van der Waals surface area contributed by atoms with Crippen LogP contribution in [0.3, 0.4) is 0 Å². The summed E-state index contributed by atoms with van der Waals surface area (Å²) in [6.07, 6.45) is 5.77. The molecule has 2 aromatic rings. The molecule has 1 heterocycles. The van der Waals surface area contributed by atoms with Crippen LogP contribution in [-0.4, -0.2) is 27.7 Å². The van der Waals surface area contributed by atoms with Crippen molar-refractivity contribution in [2.45, 2.75) is 39.5 Å². The van der Waals surface area contributed by atoms with E-state index in [-0.39, 0.29) is 0 Å². The molecule has 0 fully saturated rings. The molecular weight excluding hydrogens is 296 g/mol. The largest absolute Gasteiger partial charge is 0.493 e. The molecule has 0 aliphatic rings. The first-order valence-corrected chi connectivity index (χ1v) is 8.09. The highest BCUT2D eigenvalue weighted by molar-refractivity contribution is 7.71. The Morgan fingerprint density at radius 2 is 2.14 bits per heavy atom. The Balaban J connectivity index is 2.22. The Hall–Kier alpha value is -1.95. The first-order valence-electron chi connectivity index (χ1n) is 7.68. The van der Waals surface area contributed by atoms with Crippen LogP contribution in [0, 0.1) is 4.77 Å². The van der Waals surface area contributed by atoms with Crippen molar-refractivity contribution in [3.63, 3.8) is 0 Å². The maximum absolute atomic E-state index is 5.73. The summed E-state index contributed by atoms with van der Waals surface area (Å²) in [5, 5.41) is 11.5. The molecule has 22 heavy (non-hydrogen) atoms. The van der Waals surface area contributed by atoms with E-state index in [1.807, 2.05) is 24.3 Å². The molecule has 6 heteroatoms. The first kappa shape index (κ1) is 16.4. The fourth-order valence-electron chi connectivity index (χ4n) is 1.99. The summed E-state index contributed by atoms with van der Waals surface area (Å²) in [6.45, 7) is 4.93. The van der Waals surface area contributed by atoms with Gasteiger partial charge < -0.3 is 4.74 Å². The third-order valence-electron chi connectivity index (χ3n) is 3.16. The van der Waals surface area contributed by atoms with Crippen LogP contribution in [0.4, 0.5) is 0 Å². The van der Waals surface area contributed by atoms with Gasteiger partial charge in [0.25, 0.3) is 0 Å². The van der Waals surface area contributed by atoms with Crippen molar-refractivity contribution in [3.05, 3.63) is 40.4 Å². The predicted octanol–water partition coefficient (Wildman–Crippen LogP) is 3.95. The third-order valence-corrected chi connectivity index (χ3v) is 3.43. The minimum absolute atomic E-state index is 0.509. The summed E-state index contributed by atoms with van der Waals surface area (Å²) in [5.74, 6) is 1.69. The van der Waals surface area contributed by atoms with Crippen molar-refractivity contribution >= 4 is 18.4 Å². The lowest BCUT2D eigenvalue weighted by Gasteiger charge is -2.07. The number of unbranched alkanes of at least 4 members (excludes halogenated alkanes) is 1. The number of nitrogens with one attached hydrogen (secondary N) is 1. The Kier molecular flexibility index (Phi) is 6.33. The Bertz CT molecular complexity index is 675. The molecule has 0 saturated heterocycles. The lowest BCUT2D eigenvalue weighted by molar-refractivity contribution is 0.317. The molecule has 0 aliphatic heterocycles. The zero-order valence-electron chi connectivity index (χ0n) is 13.1. The van der Waals surface area contributed by atoms with Gasteiger partial charge in [-0.1, -0.05) is 32.4 Å². The Morgan fingerprint density at radius 3 is 2.91 bits per heavy atom. The molecule has 0 saturated carbocycles. The van der Waals surface area contributed by atoms with E-state index in [1.54, 1.807) is 10.9 Å². The number of ether oxygens (including phenoxy) is 1. The molecule has 5 nitrogen and oxygen atoms in total. The van der Waals surface area contributed by atoms with Crippen LogP contribution >= 0.6 is 12.2 Å². The van der Waals surface area contributed by atoms with Crippen LogP contribution in [0.15, 0.2) is 29.4 Å². The molecular formula is C16H22N4OS. The summed E-state index contributed by atoms with van der Waals surface area (Å²) in [6, 6.07) is 7.85. The maximum atomic E-state index is 5.73. The third kappa shape index (κ3) is 4.27. The number of H-pyrrole nitrogens is 1. The molecule has 0 amide bonds. The zero-order chi connectivity index (χ0) is 15.8. The molecule has 0 aliphatic carbocycles. The molecule has 0 spiro atoms. The van der Waals surface area contributed by atoms with Gasteiger partial charge in [-0.2, -0.15) is 14.9 Å². The van der Waals surface area contributed by atoms with Gasteiger partial charge in [-0.15, -0.1) is 0 Å². The number of aromatic nitrogens is 3. The average molecular weight is 318 g/mol. The van der Waals surface area contributed by atoms with E-state index >= 15 is 0 Å². The molecule has 118 valence electrons. The molecule has 0 atom stereocenters. The quantitative estimate of drug-likeness (QED) is 0.592. The van der Waals surface area contributed by atoms with Gasteiger partial charge in [-0.3, -0.25) is 5.10 Å². The zero-order valence-corrected chi connectivity index (χ0v) is 13.9. The fourth-order valence-corrected chi connectivity index (χ4v) is 2.19. The second kappa shape index (κ2) is 8.48. The van der Waals surface area contributed by atoms with Crippen LogP contribution < -0.4 is 4.74 Å². The molecule has 1 aromatic carbocycles. The Morgan fingerprint density at radius 1 is 1.32 bits per heavy atom. The monoisotopic (exact) mass is 318 g/mol. The molecule has 0 bridgehead atoms. The summed E-state index contributed by atoms with van der Waals surface area (Å²) in [5.41, 5.74) is 0.931. The smallest absolute Gasteiger partial charge is 0.216 e. The number of hydrogen-bond donors (Lipinski definition) is 1. The number of rotatable bonds is 8.